The van der Waals surface area contributed by atoms with Gasteiger partial charge in [0.2, 0.25) is 0 Å². The highest BCUT2D eigenvalue weighted by Crippen LogP contribution is 2.32. The second-order valence-electron chi connectivity index (χ2n) is 3.23. The molecule has 0 aliphatic carbocycles. The Labute approximate surface area is 93.6 Å². The van der Waals surface area contributed by atoms with Gasteiger partial charge < -0.3 is 4.74 Å². The molecule has 0 amide bonds. The number of carbonyl (C=O) groups excluding carboxylic acids is 1. The summed E-state index contributed by atoms with van der Waals surface area (Å²) in [6.45, 7) is 0. The number of alkyl halides is 3. The van der Waals surface area contributed by atoms with Gasteiger partial charge in [-0.1, -0.05) is 6.07 Å². The molecule has 7 heteroatoms. The van der Waals surface area contributed by atoms with Crippen molar-refractivity contribution in [2.75, 3.05) is 7.11 Å². The van der Waals surface area contributed by atoms with E-state index < -0.39 is 23.5 Å². The van der Waals surface area contributed by atoms with Crippen LogP contribution in [-0.4, -0.2) is 22.5 Å². The molecule has 2 heterocycles. The smallest absolute Gasteiger partial charge is 0.434 e. The molecule has 0 aliphatic rings. The fourth-order valence-electron chi connectivity index (χ4n) is 1.51. The van der Waals surface area contributed by atoms with E-state index in [9.17, 15) is 18.0 Å². The summed E-state index contributed by atoms with van der Waals surface area (Å²) >= 11 is 0. The van der Waals surface area contributed by atoms with Crippen LogP contribution in [0.25, 0.3) is 5.65 Å². The standard InChI is InChI=1S/C10H7F3N2O2/c1-17-9(16)7-8(10(11,12)13)15-5-3-2-4-6(15)14-7/h2-5H,1H3. The molecule has 2 aromatic rings. The van der Waals surface area contributed by atoms with Crippen LogP contribution in [0.3, 0.4) is 0 Å². The van der Waals surface area contributed by atoms with E-state index in [1.807, 2.05) is 0 Å². The Kier molecular flexibility index (Phi) is 2.53. The summed E-state index contributed by atoms with van der Waals surface area (Å²) in [5.41, 5.74) is -1.81. The molecule has 0 unspecified atom stereocenters. The van der Waals surface area contributed by atoms with Crippen molar-refractivity contribution in [1.29, 1.82) is 0 Å². The first-order valence-electron chi connectivity index (χ1n) is 4.57. The van der Waals surface area contributed by atoms with Crippen LogP contribution < -0.4 is 0 Å². The van der Waals surface area contributed by atoms with Crippen LogP contribution in [0, 0.1) is 0 Å². The normalized spacial score (nSPS) is 11.8. The summed E-state index contributed by atoms with van der Waals surface area (Å²) in [4.78, 5) is 14.9. The molecule has 0 saturated heterocycles. The number of imidazole rings is 1. The molecular weight excluding hydrogens is 237 g/mol. The molecule has 0 bridgehead atoms. The second kappa shape index (κ2) is 3.76. The van der Waals surface area contributed by atoms with Crippen molar-refractivity contribution < 1.29 is 22.7 Å². The summed E-state index contributed by atoms with van der Waals surface area (Å²) in [5, 5.41) is 0. The third-order valence-corrected chi connectivity index (χ3v) is 2.18. The number of fused-ring (bicyclic) bond motifs is 1. The summed E-state index contributed by atoms with van der Waals surface area (Å²) in [7, 11) is 1.01. The number of aromatic nitrogens is 2. The third kappa shape index (κ3) is 1.83. The van der Waals surface area contributed by atoms with Crippen LogP contribution in [0.5, 0.6) is 0 Å². The van der Waals surface area contributed by atoms with Gasteiger partial charge in [-0.3, -0.25) is 4.40 Å². The third-order valence-electron chi connectivity index (χ3n) is 2.18. The van der Waals surface area contributed by atoms with Crippen LogP contribution in [-0.2, 0) is 10.9 Å². The number of hydrogen-bond donors (Lipinski definition) is 0. The molecule has 0 aliphatic heterocycles. The first-order valence-corrected chi connectivity index (χ1v) is 4.57. The number of methoxy groups -OCH3 is 1. The molecule has 0 saturated carbocycles. The largest absolute Gasteiger partial charge is 0.464 e. The van der Waals surface area contributed by atoms with E-state index in [4.69, 9.17) is 0 Å². The SMILES string of the molecule is COC(=O)c1nc2ccccn2c1C(F)(F)F. The van der Waals surface area contributed by atoms with Crippen LogP contribution in [0.1, 0.15) is 16.2 Å². The summed E-state index contributed by atoms with van der Waals surface area (Å²) in [5.74, 6) is -1.11. The Hall–Kier alpha value is -2.05. The highest BCUT2D eigenvalue weighted by molar-refractivity contribution is 5.89. The molecule has 0 spiro atoms. The zero-order valence-corrected chi connectivity index (χ0v) is 8.65. The van der Waals surface area contributed by atoms with Crippen molar-refractivity contribution >= 4 is 11.6 Å². The second-order valence-corrected chi connectivity index (χ2v) is 3.23. The molecule has 4 nitrogen and oxygen atoms in total. The van der Waals surface area contributed by atoms with E-state index >= 15 is 0 Å². The van der Waals surface area contributed by atoms with E-state index in [1.54, 1.807) is 0 Å². The maximum absolute atomic E-state index is 12.8. The lowest BCUT2D eigenvalue weighted by Crippen LogP contribution is -2.15. The van der Waals surface area contributed by atoms with E-state index in [0.29, 0.717) is 0 Å². The van der Waals surface area contributed by atoms with E-state index in [-0.39, 0.29) is 5.65 Å². The summed E-state index contributed by atoms with van der Waals surface area (Å²) < 4.78 is 43.6. The Bertz CT molecular complexity index is 574. The molecule has 0 fully saturated rings. The Morgan fingerprint density at radius 2 is 2.12 bits per heavy atom. The average Bonchev–Trinajstić information content (AvgIpc) is 2.66. The number of pyridine rings is 1. The topological polar surface area (TPSA) is 43.6 Å². The first-order chi connectivity index (χ1) is 7.95. The van der Waals surface area contributed by atoms with Gasteiger partial charge >= 0.3 is 12.1 Å². The number of ether oxygens (including phenoxy) is 1. The number of nitrogens with zero attached hydrogens (tertiary/aromatic N) is 2. The molecule has 0 radical (unpaired) electrons. The maximum atomic E-state index is 12.8. The Morgan fingerprint density at radius 3 is 2.71 bits per heavy atom. The fourth-order valence-corrected chi connectivity index (χ4v) is 1.51. The van der Waals surface area contributed by atoms with E-state index in [1.165, 1.54) is 24.4 Å². The Balaban J connectivity index is 2.79. The van der Waals surface area contributed by atoms with Gasteiger partial charge in [-0.05, 0) is 12.1 Å². The van der Waals surface area contributed by atoms with Crippen LogP contribution >= 0.6 is 0 Å². The molecule has 0 N–H and O–H groups in total. The molecule has 0 aromatic carbocycles. The first kappa shape index (κ1) is 11.4. The number of rotatable bonds is 1. The molecule has 2 rings (SSSR count). The van der Waals surface area contributed by atoms with Gasteiger partial charge in [0.1, 0.15) is 5.65 Å². The fraction of sp³-hybridized carbons (Fsp3) is 0.200. The van der Waals surface area contributed by atoms with Crippen molar-refractivity contribution in [3.8, 4) is 0 Å². The van der Waals surface area contributed by atoms with E-state index in [2.05, 4.69) is 9.72 Å². The molecule has 17 heavy (non-hydrogen) atoms. The van der Waals surface area contributed by atoms with Crippen LogP contribution in [0.2, 0.25) is 0 Å². The van der Waals surface area contributed by atoms with Crippen molar-refractivity contribution in [2.24, 2.45) is 0 Å². The number of halogens is 3. The van der Waals surface area contributed by atoms with Gasteiger partial charge in [0.05, 0.1) is 7.11 Å². The number of esters is 1. The van der Waals surface area contributed by atoms with Crippen molar-refractivity contribution in [1.82, 2.24) is 9.38 Å². The predicted molar refractivity (Wildman–Crippen MR) is 51.5 cm³/mol. The van der Waals surface area contributed by atoms with Gasteiger partial charge in [0.25, 0.3) is 0 Å². The van der Waals surface area contributed by atoms with Gasteiger partial charge in [0.15, 0.2) is 11.4 Å². The van der Waals surface area contributed by atoms with Gasteiger partial charge in [-0.2, -0.15) is 13.2 Å². The van der Waals surface area contributed by atoms with Crippen LogP contribution in [0.15, 0.2) is 24.4 Å². The van der Waals surface area contributed by atoms with Gasteiger partial charge in [-0.15, -0.1) is 0 Å². The van der Waals surface area contributed by atoms with Gasteiger partial charge in [0, 0.05) is 6.20 Å². The van der Waals surface area contributed by atoms with Crippen molar-refractivity contribution in [3.63, 3.8) is 0 Å². The monoisotopic (exact) mass is 244 g/mol. The minimum absolute atomic E-state index is 0.0419. The highest BCUT2D eigenvalue weighted by Gasteiger charge is 2.40. The van der Waals surface area contributed by atoms with Crippen LogP contribution in [0.4, 0.5) is 13.2 Å². The minimum Gasteiger partial charge on any atom is -0.464 e. The van der Waals surface area contributed by atoms with Gasteiger partial charge in [-0.25, -0.2) is 9.78 Å². The molecule has 90 valence electrons. The summed E-state index contributed by atoms with van der Waals surface area (Å²) in [6.07, 6.45) is -3.48. The maximum Gasteiger partial charge on any atom is 0.434 e. The van der Waals surface area contributed by atoms with Crippen molar-refractivity contribution in [3.05, 3.63) is 35.8 Å². The molecule has 2 aromatic heterocycles. The lowest BCUT2D eigenvalue weighted by molar-refractivity contribution is -0.142. The highest BCUT2D eigenvalue weighted by atomic mass is 19.4. The lowest BCUT2D eigenvalue weighted by atomic mass is 10.3. The number of hydrogen-bond acceptors (Lipinski definition) is 3. The number of carbonyl (C=O) groups is 1. The van der Waals surface area contributed by atoms with E-state index in [0.717, 1.165) is 11.5 Å². The van der Waals surface area contributed by atoms with Crippen molar-refractivity contribution in [2.45, 2.75) is 6.18 Å². The summed E-state index contributed by atoms with van der Waals surface area (Å²) in [6, 6.07) is 4.33. The molecular formula is C10H7F3N2O2. The predicted octanol–water partition coefficient (Wildman–Crippen LogP) is 2.14. The minimum atomic E-state index is -4.68. The quantitative estimate of drug-likeness (QED) is 0.722. The zero-order valence-electron chi connectivity index (χ0n) is 8.65. The Morgan fingerprint density at radius 1 is 1.41 bits per heavy atom. The zero-order chi connectivity index (χ0) is 12.6. The lowest BCUT2D eigenvalue weighted by Gasteiger charge is -2.07. The molecule has 0 atom stereocenters. The average molecular weight is 244 g/mol.